The Kier molecular flexibility index (Phi) is 6.86. The van der Waals surface area contributed by atoms with E-state index in [2.05, 4.69) is 5.32 Å². The zero-order valence-corrected chi connectivity index (χ0v) is 6.44. The van der Waals surface area contributed by atoms with Gasteiger partial charge in [0.25, 0.3) is 0 Å². The predicted molar refractivity (Wildman–Crippen MR) is 39.8 cm³/mol. The first-order valence-electron chi connectivity index (χ1n) is 3.72. The fraction of sp³-hybridized carbons (Fsp3) is 1.00. The highest BCUT2D eigenvalue weighted by Crippen LogP contribution is 1.85. The van der Waals surface area contributed by atoms with Crippen LogP contribution < -0.4 is 5.32 Å². The van der Waals surface area contributed by atoms with Crippen molar-refractivity contribution >= 4 is 0 Å². The van der Waals surface area contributed by atoms with Gasteiger partial charge in [-0.25, -0.2) is 0 Å². The molecule has 0 amide bonds. The molecule has 3 heteroatoms. The molecule has 1 unspecified atom stereocenters. The fourth-order valence-corrected chi connectivity index (χ4v) is 0.628. The summed E-state index contributed by atoms with van der Waals surface area (Å²) in [6.07, 6.45) is 1.06. The molecule has 0 aliphatic carbocycles. The summed E-state index contributed by atoms with van der Waals surface area (Å²) < 4.78 is 11.5. The van der Waals surface area contributed by atoms with Crippen molar-refractivity contribution in [2.75, 3.05) is 19.8 Å². The van der Waals surface area contributed by atoms with E-state index >= 15 is 0 Å². The van der Waals surface area contributed by atoms with Gasteiger partial charge in [-0.05, 0) is 32.9 Å². The van der Waals surface area contributed by atoms with Crippen LogP contribution in [0, 0.1) is 0 Å². The Bertz CT molecular complexity index is 68.6. The van der Waals surface area contributed by atoms with Crippen LogP contribution in [0.4, 0.5) is 4.39 Å². The van der Waals surface area contributed by atoms with Crippen LogP contribution in [0.5, 0.6) is 0 Å². The van der Waals surface area contributed by atoms with E-state index in [0.29, 0.717) is 13.0 Å². The topological polar surface area (TPSA) is 32.3 Å². The molecule has 0 aliphatic rings. The van der Waals surface area contributed by atoms with E-state index in [1.54, 1.807) is 6.92 Å². The summed E-state index contributed by atoms with van der Waals surface area (Å²) in [5.41, 5.74) is 0. The number of alkyl halides is 1. The Morgan fingerprint density at radius 3 is 2.70 bits per heavy atom. The van der Waals surface area contributed by atoms with Crippen molar-refractivity contribution in [3.8, 4) is 0 Å². The maximum absolute atomic E-state index is 11.5. The number of hydrogen-bond acceptors (Lipinski definition) is 2. The van der Waals surface area contributed by atoms with Gasteiger partial charge >= 0.3 is 0 Å². The second-order valence-corrected chi connectivity index (χ2v) is 2.43. The number of aliphatic hydroxyl groups excluding tert-OH is 1. The summed E-state index contributed by atoms with van der Waals surface area (Å²) in [5, 5.41) is 11.8. The van der Waals surface area contributed by atoms with Crippen LogP contribution in [-0.2, 0) is 0 Å². The Morgan fingerprint density at radius 2 is 2.20 bits per heavy atom. The zero-order valence-electron chi connectivity index (χ0n) is 6.44. The molecule has 0 rings (SSSR count). The fourth-order valence-electron chi connectivity index (χ4n) is 0.628. The lowest BCUT2D eigenvalue weighted by Crippen LogP contribution is -2.20. The molecule has 0 fully saturated rings. The first-order chi connectivity index (χ1) is 4.77. The van der Waals surface area contributed by atoms with Crippen molar-refractivity contribution in [3.05, 3.63) is 0 Å². The molecule has 1 atom stereocenters. The molecular formula is C7H16FNO. The van der Waals surface area contributed by atoms with Crippen molar-refractivity contribution < 1.29 is 9.50 Å². The van der Waals surface area contributed by atoms with Crippen LogP contribution in [0.1, 0.15) is 19.8 Å². The minimum Gasteiger partial charge on any atom is -0.393 e. The maximum Gasteiger partial charge on any atom is 0.0906 e. The Balaban J connectivity index is 2.77. The Morgan fingerprint density at radius 1 is 1.50 bits per heavy atom. The van der Waals surface area contributed by atoms with Gasteiger partial charge < -0.3 is 10.4 Å². The third-order valence-corrected chi connectivity index (χ3v) is 1.23. The molecule has 0 bridgehead atoms. The van der Waals surface area contributed by atoms with Crippen LogP contribution in [0.25, 0.3) is 0 Å². The van der Waals surface area contributed by atoms with Gasteiger partial charge in [0, 0.05) is 0 Å². The lowest BCUT2D eigenvalue weighted by Gasteiger charge is -2.04. The van der Waals surface area contributed by atoms with E-state index < -0.39 is 0 Å². The second kappa shape index (κ2) is 6.96. The molecule has 0 aromatic carbocycles. The van der Waals surface area contributed by atoms with Gasteiger partial charge in [-0.3, -0.25) is 4.39 Å². The quantitative estimate of drug-likeness (QED) is 0.545. The van der Waals surface area contributed by atoms with E-state index in [-0.39, 0.29) is 12.8 Å². The summed E-state index contributed by atoms with van der Waals surface area (Å²) >= 11 is 0. The lowest BCUT2D eigenvalue weighted by atomic mass is 10.3. The first kappa shape index (κ1) is 9.85. The molecular weight excluding hydrogens is 133 g/mol. The second-order valence-electron chi connectivity index (χ2n) is 2.43. The smallest absolute Gasteiger partial charge is 0.0906 e. The summed E-state index contributed by atoms with van der Waals surface area (Å²) in [6, 6.07) is 0. The number of hydrogen-bond donors (Lipinski definition) is 2. The van der Waals surface area contributed by atoms with Crippen LogP contribution in [0.3, 0.4) is 0 Å². The lowest BCUT2D eigenvalue weighted by molar-refractivity contribution is 0.183. The van der Waals surface area contributed by atoms with Gasteiger partial charge in [0.15, 0.2) is 0 Å². The van der Waals surface area contributed by atoms with Crippen molar-refractivity contribution in [3.63, 3.8) is 0 Å². The molecule has 10 heavy (non-hydrogen) atoms. The molecule has 2 nitrogen and oxygen atoms in total. The highest BCUT2D eigenvalue weighted by atomic mass is 19.1. The SMILES string of the molecule is CC(O)CCNCCCF. The van der Waals surface area contributed by atoms with Gasteiger partial charge in [-0.15, -0.1) is 0 Å². The van der Waals surface area contributed by atoms with E-state index in [1.807, 2.05) is 0 Å². The first-order valence-corrected chi connectivity index (χ1v) is 3.72. The predicted octanol–water partition coefficient (Wildman–Crippen LogP) is 0.706. The summed E-state index contributed by atoms with van der Waals surface area (Å²) in [6.45, 7) is 2.97. The van der Waals surface area contributed by atoms with Crippen LogP contribution in [0.15, 0.2) is 0 Å². The molecule has 0 saturated heterocycles. The minimum atomic E-state index is -0.262. The highest BCUT2D eigenvalue weighted by Gasteiger charge is 1.93. The molecule has 0 aliphatic heterocycles. The molecule has 2 N–H and O–H groups in total. The van der Waals surface area contributed by atoms with E-state index in [1.165, 1.54) is 0 Å². The van der Waals surface area contributed by atoms with Crippen LogP contribution >= 0.6 is 0 Å². The largest absolute Gasteiger partial charge is 0.393 e. The van der Waals surface area contributed by atoms with Gasteiger partial charge in [0.05, 0.1) is 12.8 Å². The van der Waals surface area contributed by atoms with Gasteiger partial charge in [-0.1, -0.05) is 0 Å². The third kappa shape index (κ3) is 7.85. The average Bonchev–Trinajstić information content (AvgIpc) is 1.87. The molecule has 62 valence electrons. The normalized spacial score (nSPS) is 13.5. The molecule has 0 spiro atoms. The number of nitrogens with one attached hydrogen (secondary N) is 1. The molecule has 0 heterocycles. The Hall–Kier alpha value is -0.150. The van der Waals surface area contributed by atoms with Gasteiger partial charge in [0.1, 0.15) is 0 Å². The molecule has 0 saturated carbocycles. The average molecular weight is 149 g/mol. The van der Waals surface area contributed by atoms with E-state index in [4.69, 9.17) is 5.11 Å². The number of halogens is 1. The van der Waals surface area contributed by atoms with Crippen molar-refractivity contribution in [2.45, 2.75) is 25.9 Å². The number of aliphatic hydroxyl groups is 1. The van der Waals surface area contributed by atoms with E-state index in [0.717, 1.165) is 13.0 Å². The summed E-state index contributed by atoms with van der Waals surface area (Å²) in [4.78, 5) is 0. The highest BCUT2D eigenvalue weighted by molar-refractivity contribution is 4.51. The molecule has 0 radical (unpaired) electrons. The third-order valence-electron chi connectivity index (χ3n) is 1.23. The zero-order chi connectivity index (χ0) is 7.82. The number of rotatable bonds is 6. The van der Waals surface area contributed by atoms with Crippen molar-refractivity contribution in [2.24, 2.45) is 0 Å². The van der Waals surface area contributed by atoms with Crippen molar-refractivity contribution in [1.82, 2.24) is 5.32 Å². The van der Waals surface area contributed by atoms with Gasteiger partial charge in [-0.2, -0.15) is 0 Å². The Labute approximate surface area is 61.4 Å². The van der Waals surface area contributed by atoms with Crippen LogP contribution in [-0.4, -0.2) is 31.0 Å². The summed E-state index contributed by atoms with van der Waals surface area (Å²) in [5.74, 6) is 0. The van der Waals surface area contributed by atoms with Crippen molar-refractivity contribution in [1.29, 1.82) is 0 Å². The maximum atomic E-state index is 11.5. The molecule has 0 aromatic rings. The standard InChI is InChI=1S/C7H16FNO/c1-7(10)3-6-9-5-2-4-8/h7,9-10H,2-6H2,1H3. The monoisotopic (exact) mass is 149 g/mol. The van der Waals surface area contributed by atoms with Gasteiger partial charge in [0.2, 0.25) is 0 Å². The minimum absolute atomic E-state index is 0.252. The molecule has 0 aromatic heterocycles. The van der Waals surface area contributed by atoms with Crippen LogP contribution in [0.2, 0.25) is 0 Å². The van der Waals surface area contributed by atoms with E-state index in [9.17, 15) is 4.39 Å². The summed E-state index contributed by atoms with van der Waals surface area (Å²) in [7, 11) is 0.